The molecule has 1 atom stereocenters. The van der Waals surface area contributed by atoms with E-state index in [0.717, 1.165) is 37.4 Å². The average Bonchev–Trinajstić information content (AvgIpc) is 2.69. The first-order valence-corrected chi connectivity index (χ1v) is 9.04. The highest BCUT2D eigenvalue weighted by atomic mass is 16.5. The summed E-state index contributed by atoms with van der Waals surface area (Å²) in [4.78, 5) is 21.0. The van der Waals surface area contributed by atoms with Crippen LogP contribution in [0.3, 0.4) is 0 Å². The third-order valence-corrected chi connectivity index (χ3v) is 5.09. The third kappa shape index (κ3) is 3.39. The fourth-order valence-corrected chi connectivity index (χ4v) is 3.79. The molecule has 1 amide bonds. The molecule has 2 fully saturated rings. The van der Waals surface area contributed by atoms with Crippen molar-refractivity contribution >= 4 is 11.7 Å². The molecule has 2 saturated heterocycles. The van der Waals surface area contributed by atoms with Crippen LogP contribution in [0.25, 0.3) is 0 Å². The Kier molecular flexibility index (Phi) is 4.55. The van der Waals surface area contributed by atoms with Gasteiger partial charge in [0, 0.05) is 25.5 Å². The van der Waals surface area contributed by atoms with E-state index in [1.807, 2.05) is 30.0 Å². The summed E-state index contributed by atoms with van der Waals surface area (Å²) >= 11 is 0. The third-order valence-electron chi connectivity index (χ3n) is 5.09. The predicted octanol–water partition coefficient (Wildman–Crippen LogP) is 1.69. The van der Waals surface area contributed by atoms with E-state index in [4.69, 9.17) is 4.74 Å². The summed E-state index contributed by atoms with van der Waals surface area (Å²) in [5.41, 5.74) is 1.19. The number of aryl methyl sites for hydroxylation is 1. The van der Waals surface area contributed by atoms with Crippen LogP contribution in [0.5, 0.6) is 0 Å². The lowest BCUT2D eigenvalue weighted by Crippen LogP contribution is -2.61. The summed E-state index contributed by atoms with van der Waals surface area (Å²) in [5, 5.41) is 8.48. The number of ether oxygens (including phenoxy) is 1. The van der Waals surface area contributed by atoms with Gasteiger partial charge in [-0.25, -0.2) is 0 Å². The van der Waals surface area contributed by atoms with Gasteiger partial charge in [0.25, 0.3) is 5.91 Å². The molecule has 1 spiro atoms. The molecule has 4 heterocycles. The Balaban J connectivity index is 1.50. The molecular formula is C19H23N5O2. The van der Waals surface area contributed by atoms with Crippen LogP contribution in [0.1, 0.15) is 28.9 Å². The zero-order valence-electron chi connectivity index (χ0n) is 15.0. The van der Waals surface area contributed by atoms with Crippen molar-refractivity contribution < 1.29 is 9.53 Å². The second-order valence-corrected chi connectivity index (χ2v) is 7.06. The van der Waals surface area contributed by atoms with E-state index in [2.05, 4.69) is 20.1 Å². The molecule has 2 aliphatic rings. The van der Waals surface area contributed by atoms with Crippen LogP contribution in [0.4, 0.5) is 5.82 Å². The second-order valence-electron chi connectivity index (χ2n) is 7.06. The molecule has 0 N–H and O–H groups in total. The van der Waals surface area contributed by atoms with Gasteiger partial charge >= 0.3 is 0 Å². The SMILES string of the molecule is Cc1ccc(N2CCCC3(CN(C(=O)c4cccnc4)CCO3)C2)nn1. The van der Waals surface area contributed by atoms with E-state index in [0.29, 0.717) is 25.3 Å². The highest BCUT2D eigenvalue weighted by molar-refractivity contribution is 5.94. The van der Waals surface area contributed by atoms with Gasteiger partial charge < -0.3 is 14.5 Å². The fraction of sp³-hybridized carbons (Fsp3) is 0.474. The van der Waals surface area contributed by atoms with Gasteiger partial charge in [-0.05, 0) is 44.0 Å². The number of aromatic nitrogens is 3. The van der Waals surface area contributed by atoms with E-state index in [1.54, 1.807) is 18.5 Å². The van der Waals surface area contributed by atoms with Gasteiger partial charge in [0.2, 0.25) is 0 Å². The van der Waals surface area contributed by atoms with E-state index >= 15 is 0 Å². The van der Waals surface area contributed by atoms with Crippen LogP contribution < -0.4 is 4.90 Å². The monoisotopic (exact) mass is 353 g/mol. The van der Waals surface area contributed by atoms with Crippen LogP contribution in [0, 0.1) is 6.92 Å². The van der Waals surface area contributed by atoms with Crippen molar-refractivity contribution in [1.29, 1.82) is 0 Å². The van der Waals surface area contributed by atoms with Crippen molar-refractivity contribution in [1.82, 2.24) is 20.1 Å². The molecule has 2 aliphatic heterocycles. The number of anilines is 1. The molecule has 0 aliphatic carbocycles. The Morgan fingerprint density at radius 1 is 1.19 bits per heavy atom. The molecule has 7 heteroatoms. The number of pyridine rings is 1. The highest BCUT2D eigenvalue weighted by Gasteiger charge is 2.42. The normalized spacial score (nSPS) is 23.3. The lowest BCUT2D eigenvalue weighted by Gasteiger charge is -2.48. The van der Waals surface area contributed by atoms with Crippen molar-refractivity contribution in [2.45, 2.75) is 25.4 Å². The van der Waals surface area contributed by atoms with Gasteiger partial charge in [-0.15, -0.1) is 5.10 Å². The molecule has 136 valence electrons. The molecule has 2 aromatic rings. The summed E-state index contributed by atoms with van der Waals surface area (Å²) < 4.78 is 6.20. The Bertz CT molecular complexity index is 763. The van der Waals surface area contributed by atoms with E-state index < -0.39 is 0 Å². The lowest BCUT2D eigenvalue weighted by molar-refractivity contribution is -0.105. The molecule has 0 saturated carbocycles. The average molecular weight is 353 g/mol. The Labute approximate surface area is 153 Å². The van der Waals surface area contributed by atoms with Gasteiger partial charge in [-0.1, -0.05) is 0 Å². The molecular weight excluding hydrogens is 330 g/mol. The van der Waals surface area contributed by atoms with Crippen LogP contribution >= 0.6 is 0 Å². The maximum absolute atomic E-state index is 12.8. The van der Waals surface area contributed by atoms with Crippen molar-refractivity contribution in [3.63, 3.8) is 0 Å². The zero-order chi connectivity index (χ0) is 18.0. The lowest BCUT2D eigenvalue weighted by atomic mass is 9.90. The quantitative estimate of drug-likeness (QED) is 0.818. The fourth-order valence-electron chi connectivity index (χ4n) is 3.79. The minimum absolute atomic E-state index is 0.0213. The molecule has 0 radical (unpaired) electrons. The number of hydrogen-bond donors (Lipinski definition) is 0. The van der Waals surface area contributed by atoms with E-state index in [9.17, 15) is 4.79 Å². The molecule has 0 bridgehead atoms. The number of morpholine rings is 1. The predicted molar refractivity (Wildman–Crippen MR) is 97.0 cm³/mol. The van der Waals surface area contributed by atoms with Crippen LogP contribution in [0.2, 0.25) is 0 Å². The molecule has 7 nitrogen and oxygen atoms in total. The summed E-state index contributed by atoms with van der Waals surface area (Å²) in [6.07, 6.45) is 5.25. The number of piperidine rings is 1. The number of hydrogen-bond acceptors (Lipinski definition) is 6. The van der Waals surface area contributed by atoms with Gasteiger partial charge in [0.15, 0.2) is 5.82 Å². The van der Waals surface area contributed by atoms with Crippen molar-refractivity contribution in [3.05, 3.63) is 47.9 Å². The largest absolute Gasteiger partial charge is 0.369 e. The molecule has 4 rings (SSSR count). The molecule has 2 aromatic heterocycles. The van der Waals surface area contributed by atoms with Crippen molar-refractivity contribution in [3.8, 4) is 0 Å². The summed E-state index contributed by atoms with van der Waals surface area (Å²) in [6, 6.07) is 7.58. The number of carbonyl (C=O) groups is 1. The summed E-state index contributed by atoms with van der Waals surface area (Å²) in [6.45, 7) is 5.34. The van der Waals surface area contributed by atoms with Gasteiger partial charge in [0.1, 0.15) is 5.60 Å². The molecule has 0 aromatic carbocycles. The number of amides is 1. The number of nitrogens with zero attached hydrogens (tertiary/aromatic N) is 5. The highest BCUT2D eigenvalue weighted by Crippen LogP contribution is 2.31. The van der Waals surface area contributed by atoms with Crippen LogP contribution in [-0.4, -0.2) is 64.4 Å². The van der Waals surface area contributed by atoms with Crippen molar-refractivity contribution in [2.75, 3.05) is 37.7 Å². The maximum atomic E-state index is 12.8. The second kappa shape index (κ2) is 6.99. The van der Waals surface area contributed by atoms with Crippen LogP contribution in [-0.2, 0) is 4.74 Å². The minimum atomic E-state index is -0.346. The first-order chi connectivity index (χ1) is 12.7. The van der Waals surface area contributed by atoms with Crippen LogP contribution in [0.15, 0.2) is 36.7 Å². The maximum Gasteiger partial charge on any atom is 0.255 e. The van der Waals surface area contributed by atoms with Gasteiger partial charge in [-0.2, -0.15) is 5.10 Å². The van der Waals surface area contributed by atoms with E-state index in [-0.39, 0.29) is 11.5 Å². The molecule has 26 heavy (non-hydrogen) atoms. The molecule has 1 unspecified atom stereocenters. The zero-order valence-corrected chi connectivity index (χ0v) is 15.0. The Morgan fingerprint density at radius 2 is 2.12 bits per heavy atom. The summed E-state index contributed by atoms with van der Waals surface area (Å²) in [5.74, 6) is 0.891. The first kappa shape index (κ1) is 16.9. The Morgan fingerprint density at radius 3 is 2.88 bits per heavy atom. The standard InChI is InChI=1S/C19H23N5O2/c1-15-5-6-17(22-21-15)23-9-3-7-19(13-23)14-24(10-11-26-19)18(25)16-4-2-8-20-12-16/h2,4-6,8,12H,3,7,9-11,13-14H2,1H3. The Hall–Kier alpha value is -2.54. The van der Waals surface area contributed by atoms with E-state index in [1.165, 1.54) is 0 Å². The van der Waals surface area contributed by atoms with Crippen molar-refractivity contribution in [2.24, 2.45) is 0 Å². The van der Waals surface area contributed by atoms with Gasteiger partial charge in [-0.3, -0.25) is 9.78 Å². The topological polar surface area (TPSA) is 71.5 Å². The number of rotatable bonds is 2. The first-order valence-electron chi connectivity index (χ1n) is 9.04. The number of carbonyl (C=O) groups excluding carboxylic acids is 1. The smallest absolute Gasteiger partial charge is 0.255 e. The van der Waals surface area contributed by atoms with Gasteiger partial charge in [0.05, 0.1) is 31.0 Å². The summed E-state index contributed by atoms with van der Waals surface area (Å²) in [7, 11) is 0. The minimum Gasteiger partial charge on any atom is -0.369 e.